The van der Waals surface area contributed by atoms with Crippen molar-refractivity contribution in [3.63, 3.8) is 0 Å². The fraction of sp³-hybridized carbons (Fsp3) is 0.500. The summed E-state index contributed by atoms with van der Waals surface area (Å²) in [6.07, 6.45) is 0.377. The number of sulfone groups is 1. The highest BCUT2D eigenvalue weighted by Crippen LogP contribution is 2.20. The van der Waals surface area contributed by atoms with Gasteiger partial charge in [-0.3, -0.25) is 14.7 Å². The lowest BCUT2D eigenvalue weighted by Gasteiger charge is -2.10. The van der Waals surface area contributed by atoms with Crippen LogP contribution in [0, 0.1) is 0 Å². The van der Waals surface area contributed by atoms with E-state index in [1.807, 2.05) is 0 Å². The van der Waals surface area contributed by atoms with Crippen LogP contribution in [-0.2, 0) is 9.84 Å². The smallest absolute Gasteiger partial charge is 0.265 e. The summed E-state index contributed by atoms with van der Waals surface area (Å²) in [7, 11) is -3.05. The SMILES string of the molecule is O=c1ccc(=O)n([C@H]2CCS(=O)(=O)C2)[nH]1. The fourth-order valence-corrected chi connectivity index (χ4v) is 3.39. The van der Waals surface area contributed by atoms with Gasteiger partial charge in [0.05, 0.1) is 17.5 Å². The van der Waals surface area contributed by atoms with Gasteiger partial charge in [0.1, 0.15) is 0 Å². The van der Waals surface area contributed by atoms with Crippen LogP contribution in [0.5, 0.6) is 0 Å². The molecule has 0 aromatic carbocycles. The zero-order valence-electron chi connectivity index (χ0n) is 7.84. The highest BCUT2D eigenvalue weighted by atomic mass is 32.2. The minimum Gasteiger partial charge on any atom is -0.268 e. The fourth-order valence-electron chi connectivity index (χ4n) is 1.69. The molecule has 2 rings (SSSR count). The molecule has 82 valence electrons. The van der Waals surface area contributed by atoms with Crippen LogP contribution in [0.1, 0.15) is 12.5 Å². The zero-order chi connectivity index (χ0) is 11.1. The Morgan fingerprint density at radius 3 is 2.67 bits per heavy atom. The van der Waals surface area contributed by atoms with Crippen molar-refractivity contribution in [2.45, 2.75) is 12.5 Å². The first-order chi connectivity index (χ1) is 6.98. The van der Waals surface area contributed by atoms with E-state index >= 15 is 0 Å². The van der Waals surface area contributed by atoms with E-state index in [-0.39, 0.29) is 17.1 Å². The Morgan fingerprint density at radius 1 is 1.33 bits per heavy atom. The Hall–Kier alpha value is -1.37. The Kier molecular flexibility index (Phi) is 2.26. The molecule has 1 aromatic rings. The van der Waals surface area contributed by atoms with Crippen molar-refractivity contribution in [3.8, 4) is 0 Å². The van der Waals surface area contributed by atoms with Gasteiger partial charge in [-0.05, 0) is 6.42 Å². The number of rotatable bonds is 1. The van der Waals surface area contributed by atoms with E-state index < -0.39 is 21.4 Å². The van der Waals surface area contributed by atoms with E-state index in [0.29, 0.717) is 6.42 Å². The number of hydrogen-bond acceptors (Lipinski definition) is 4. The molecule has 1 fully saturated rings. The van der Waals surface area contributed by atoms with Gasteiger partial charge in [-0.1, -0.05) is 0 Å². The van der Waals surface area contributed by atoms with Crippen molar-refractivity contribution in [2.24, 2.45) is 0 Å². The molecular formula is C8H10N2O4S. The van der Waals surface area contributed by atoms with E-state index in [1.165, 1.54) is 0 Å². The van der Waals surface area contributed by atoms with Gasteiger partial charge in [0.25, 0.3) is 11.1 Å². The van der Waals surface area contributed by atoms with E-state index in [0.717, 1.165) is 16.8 Å². The lowest BCUT2D eigenvalue weighted by Crippen LogP contribution is -2.32. The summed E-state index contributed by atoms with van der Waals surface area (Å²) < 4.78 is 23.5. The third-order valence-corrected chi connectivity index (χ3v) is 4.17. The summed E-state index contributed by atoms with van der Waals surface area (Å²) in [5, 5.41) is 2.34. The lowest BCUT2D eigenvalue weighted by atomic mass is 10.3. The maximum Gasteiger partial charge on any atom is 0.265 e. The van der Waals surface area contributed by atoms with Crippen LogP contribution in [0.3, 0.4) is 0 Å². The van der Waals surface area contributed by atoms with E-state index in [1.54, 1.807) is 0 Å². The number of hydrogen-bond donors (Lipinski definition) is 1. The quantitative estimate of drug-likeness (QED) is 0.663. The molecule has 0 unspecified atom stereocenters. The summed E-state index contributed by atoms with van der Waals surface area (Å²) >= 11 is 0. The van der Waals surface area contributed by atoms with Crippen LogP contribution in [0.15, 0.2) is 21.7 Å². The predicted molar refractivity (Wildman–Crippen MR) is 53.6 cm³/mol. The molecule has 0 saturated carbocycles. The van der Waals surface area contributed by atoms with Gasteiger partial charge < -0.3 is 0 Å². The highest BCUT2D eigenvalue weighted by molar-refractivity contribution is 7.91. The van der Waals surface area contributed by atoms with Crippen LogP contribution in [-0.4, -0.2) is 29.7 Å². The molecule has 0 aliphatic carbocycles. The molecule has 0 amide bonds. The van der Waals surface area contributed by atoms with Gasteiger partial charge in [-0.25, -0.2) is 13.1 Å². The zero-order valence-corrected chi connectivity index (χ0v) is 8.66. The second kappa shape index (κ2) is 3.34. The van der Waals surface area contributed by atoms with Crippen LogP contribution < -0.4 is 11.1 Å². The first-order valence-corrected chi connectivity index (χ1v) is 6.32. The Labute approximate surface area is 85.5 Å². The van der Waals surface area contributed by atoms with Crippen molar-refractivity contribution >= 4 is 9.84 Å². The van der Waals surface area contributed by atoms with Gasteiger partial charge in [0, 0.05) is 12.1 Å². The van der Waals surface area contributed by atoms with Crippen LogP contribution in [0.25, 0.3) is 0 Å². The van der Waals surface area contributed by atoms with Gasteiger partial charge in [0.15, 0.2) is 9.84 Å². The van der Waals surface area contributed by atoms with E-state index in [4.69, 9.17) is 0 Å². The van der Waals surface area contributed by atoms with Crippen LogP contribution in [0.2, 0.25) is 0 Å². The van der Waals surface area contributed by atoms with E-state index in [9.17, 15) is 18.0 Å². The molecule has 1 saturated heterocycles. The van der Waals surface area contributed by atoms with Gasteiger partial charge in [-0.2, -0.15) is 0 Å². The Morgan fingerprint density at radius 2 is 2.07 bits per heavy atom. The molecule has 1 N–H and O–H groups in total. The highest BCUT2D eigenvalue weighted by Gasteiger charge is 2.29. The van der Waals surface area contributed by atoms with Crippen molar-refractivity contribution in [2.75, 3.05) is 11.5 Å². The Balaban J connectivity index is 2.44. The van der Waals surface area contributed by atoms with Gasteiger partial charge in [-0.15, -0.1) is 0 Å². The molecular weight excluding hydrogens is 220 g/mol. The lowest BCUT2D eigenvalue weighted by molar-refractivity contribution is 0.468. The summed E-state index contributed by atoms with van der Waals surface area (Å²) in [4.78, 5) is 22.4. The summed E-state index contributed by atoms with van der Waals surface area (Å²) in [5.41, 5.74) is -0.782. The molecule has 2 heterocycles. The number of aromatic amines is 1. The molecule has 6 nitrogen and oxygen atoms in total. The third-order valence-electron chi connectivity index (χ3n) is 2.42. The molecule has 7 heteroatoms. The van der Waals surface area contributed by atoms with Gasteiger partial charge >= 0.3 is 0 Å². The predicted octanol–water partition coefficient (Wildman–Crippen LogP) is -1.10. The molecule has 1 atom stereocenters. The largest absolute Gasteiger partial charge is 0.268 e. The second-order valence-corrected chi connectivity index (χ2v) is 5.80. The molecule has 1 aliphatic heterocycles. The first kappa shape index (κ1) is 10.2. The number of H-pyrrole nitrogens is 1. The maximum absolute atomic E-state index is 11.4. The van der Waals surface area contributed by atoms with Crippen LogP contribution >= 0.6 is 0 Å². The molecule has 0 radical (unpaired) electrons. The number of nitrogens with zero attached hydrogens (tertiary/aromatic N) is 1. The number of aromatic nitrogens is 2. The van der Waals surface area contributed by atoms with Crippen molar-refractivity contribution in [1.82, 2.24) is 9.78 Å². The van der Waals surface area contributed by atoms with Crippen molar-refractivity contribution in [1.29, 1.82) is 0 Å². The van der Waals surface area contributed by atoms with Crippen LogP contribution in [0.4, 0.5) is 0 Å². The monoisotopic (exact) mass is 230 g/mol. The molecule has 15 heavy (non-hydrogen) atoms. The Bertz CT molecular complexity index is 583. The second-order valence-electron chi connectivity index (χ2n) is 3.57. The maximum atomic E-state index is 11.4. The molecule has 1 aliphatic rings. The normalized spacial score (nSPS) is 24.1. The average Bonchev–Trinajstić information content (AvgIpc) is 2.50. The summed E-state index contributed by atoms with van der Waals surface area (Å²) in [6.45, 7) is 0. The standard InChI is InChI=1S/C8H10N2O4S/c11-7-1-2-8(12)10(9-7)6-3-4-15(13,14)5-6/h1-2,6H,3-5H2,(H,9,11)/t6-/m0/s1. The molecule has 0 bridgehead atoms. The first-order valence-electron chi connectivity index (χ1n) is 4.50. The van der Waals surface area contributed by atoms with Crippen molar-refractivity contribution in [3.05, 3.63) is 32.8 Å². The van der Waals surface area contributed by atoms with Gasteiger partial charge in [0.2, 0.25) is 0 Å². The summed E-state index contributed by atoms with van der Waals surface area (Å²) in [5.74, 6) is -0.00606. The average molecular weight is 230 g/mol. The third kappa shape index (κ3) is 2.01. The molecule has 0 spiro atoms. The minimum absolute atomic E-state index is 0.0705. The summed E-state index contributed by atoms with van der Waals surface area (Å²) in [6, 6.07) is 1.84. The number of nitrogens with one attached hydrogen (secondary N) is 1. The molecule has 1 aromatic heterocycles. The minimum atomic E-state index is -3.05. The topological polar surface area (TPSA) is 89.0 Å². The van der Waals surface area contributed by atoms with Crippen molar-refractivity contribution < 1.29 is 8.42 Å². The van der Waals surface area contributed by atoms with E-state index in [2.05, 4.69) is 5.10 Å².